The molecule has 2 N–H and O–H groups in total. The summed E-state index contributed by atoms with van der Waals surface area (Å²) in [4.78, 5) is 22.5. The molecule has 0 spiro atoms. The first-order valence-electron chi connectivity index (χ1n) is 6.30. The topological polar surface area (TPSA) is 75.6 Å². The van der Waals surface area contributed by atoms with Crippen molar-refractivity contribution >= 4 is 11.9 Å². The lowest BCUT2D eigenvalue weighted by atomic mass is 10.2. The van der Waals surface area contributed by atoms with E-state index in [0.29, 0.717) is 17.9 Å². The molecule has 1 rings (SSSR count). The molecule has 20 heavy (non-hydrogen) atoms. The van der Waals surface area contributed by atoms with E-state index in [-0.39, 0.29) is 0 Å². The lowest BCUT2D eigenvalue weighted by Crippen LogP contribution is -2.38. The largest absolute Gasteiger partial charge is 0.490 e. The van der Waals surface area contributed by atoms with E-state index in [1.807, 2.05) is 19.9 Å². The van der Waals surface area contributed by atoms with Crippen LogP contribution in [-0.2, 0) is 4.79 Å². The lowest BCUT2D eigenvalue weighted by Gasteiger charge is -2.10. The van der Waals surface area contributed by atoms with Crippen molar-refractivity contribution in [1.29, 1.82) is 0 Å². The van der Waals surface area contributed by atoms with Crippen molar-refractivity contribution in [3.05, 3.63) is 41.5 Å². The molecule has 0 fully saturated rings. The highest BCUT2D eigenvalue weighted by Crippen LogP contribution is 2.13. The highest BCUT2D eigenvalue weighted by atomic mass is 16.5. The van der Waals surface area contributed by atoms with Crippen LogP contribution in [-0.4, -0.2) is 29.6 Å². The second-order valence-corrected chi connectivity index (χ2v) is 4.65. The number of hydrogen-bond donors (Lipinski definition) is 2. The monoisotopic (exact) mass is 277 g/mol. The molecule has 1 amide bonds. The van der Waals surface area contributed by atoms with Crippen LogP contribution >= 0.6 is 0 Å². The van der Waals surface area contributed by atoms with Crippen molar-refractivity contribution in [3.63, 3.8) is 0 Å². The maximum Gasteiger partial charge on any atom is 0.325 e. The van der Waals surface area contributed by atoms with E-state index in [1.54, 1.807) is 24.3 Å². The number of rotatable bonds is 6. The third kappa shape index (κ3) is 5.14. The predicted octanol–water partition coefficient (Wildman–Crippen LogP) is 2.23. The van der Waals surface area contributed by atoms with Gasteiger partial charge in [-0.1, -0.05) is 11.6 Å². The van der Waals surface area contributed by atoms with Gasteiger partial charge in [0.05, 0.1) is 0 Å². The zero-order valence-electron chi connectivity index (χ0n) is 11.8. The first-order chi connectivity index (χ1) is 9.40. The van der Waals surface area contributed by atoms with Crippen LogP contribution in [0.2, 0.25) is 0 Å². The molecule has 0 unspecified atom stereocenters. The van der Waals surface area contributed by atoms with Gasteiger partial charge in [0.1, 0.15) is 18.4 Å². The molecular formula is C15H19NO4. The van der Waals surface area contributed by atoms with E-state index in [1.165, 1.54) is 6.92 Å². The van der Waals surface area contributed by atoms with Crippen molar-refractivity contribution < 1.29 is 19.4 Å². The second-order valence-electron chi connectivity index (χ2n) is 4.65. The van der Waals surface area contributed by atoms with Gasteiger partial charge in [0, 0.05) is 5.56 Å². The Morgan fingerprint density at radius 2 is 2.10 bits per heavy atom. The van der Waals surface area contributed by atoms with E-state index in [9.17, 15) is 9.59 Å². The number of benzene rings is 1. The van der Waals surface area contributed by atoms with Gasteiger partial charge in [0.2, 0.25) is 0 Å². The Morgan fingerprint density at radius 1 is 1.40 bits per heavy atom. The fraction of sp³-hybridized carbons (Fsp3) is 0.333. The van der Waals surface area contributed by atoms with E-state index in [4.69, 9.17) is 9.84 Å². The Morgan fingerprint density at radius 3 is 2.70 bits per heavy atom. The summed E-state index contributed by atoms with van der Waals surface area (Å²) in [7, 11) is 0. The van der Waals surface area contributed by atoms with Gasteiger partial charge in [0.15, 0.2) is 0 Å². The highest BCUT2D eigenvalue weighted by molar-refractivity contribution is 5.96. The van der Waals surface area contributed by atoms with Crippen LogP contribution in [0.4, 0.5) is 0 Å². The van der Waals surface area contributed by atoms with Gasteiger partial charge in [-0.3, -0.25) is 9.59 Å². The molecule has 0 radical (unpaired) electrons. The maximum absolute atomic E-state index is 11.9. The molecule has 0 aliphatic rings. The van der Waals surface area contributed by atoms with Crippen molar-refractivity contribution in [1.82, 2.24) is 5.32 Å². The number of ether oxygens (including phenoxy) is 1. The van der Waals surface area contributed by atoms with Crippen molar-refractivity contribution in [2.24, 2.45) is 0 Å². The molecule has 0 aliphatic heterocycles. The molecule has 0 aromatic heterocycles. The number of amides is 1. The van der Waals surface area contributed by atoms with Crippen LogP contribution in [0.15, 0.2) is 35.9 Å². The van der Waals surface area contributed by atoms with E-state index < -0.39 is 17.9 Å². The Labute approximate surface area is 118 Å². The summed E-state index contributed by atoms with van der Waals surface area (Å²) in [6.45, 7) is 5.79. The second kappa shape index (κ2) is 7.33. The molecule has 0 bridgehead atoms. The standard InChI is InChI=1S/C15H19NO4/c1-10(2)7-8-20-13-6-4-5-12(9-13)14(17)16-11(3)15(18)19/h4-7,9,11H,8H2,1-3H3,(H,16,17)(H,18,19)/t11-/m0/s1. The first kappa shape index (κ1) is 15.8. The maximum atomic E-state index is 11.9. The quantitative estimate of drug-likeness (QED) is 0.782. The molecule has 0 heterocycles. The average molecular weight is 277 g/mol. The smallest absolute Gasteiger partial charge is 0.325 e. The molecule has 1 aromatic carbocycles. The van der Waals surface area contributed by atoms with Gasteiger partial charge >= 0.3 is 5.97 Å². The Kier molecular flexibility index (Phi) is 5.77. The average Bonchev–Trinajstić information content (AvgIpc) is 2.38. The lowest BCUT2D eigenvalue weighted by molar-refractivity contribution is -0.138. The number of hydrogen-bond acceptors (Lipinski definition) is 3. The normalized spacial score (nSPS) is 11.3. The number of nitrogens with one attached hydrogen (secondary N) is 1. The fourth-order valence-electron chi connectivity index (χ4n) is 1.37. The number of carboxylic acid groups (broad SMARTS) is 1. The van der Waals surface area contributed by atoms with Crippen LogP contribution in [0.3, 0.4) is 0 Å². The van der Waals surface area contributed by atoms with E-state index in [0.717, 1.165) is 5.57 Å². The summed E-state index contributed by atoms with van der Waals surface area (Å²) in [5, 5.41) is 11.1. The summed E-state index contributed by atoms with van der Waals surface area (Å²) in [5.41, 5.74) is 1.52. The van der Waals surface area contributed by atoms with Crippen molar-refractivity contribution in [2.45, 2.75) is 26.8 Å². The summed E-state index contributed by atoms with van der Waals surface area (Å²) in [6, 6.07) is 5.70. The molecule has 108 valence electrons. The van der Waals surface area contributed by atoms with Crippen LogP contribution < -0.4 is 10.1 Å². The summed E-state index contributed by atoms with van der Waals surface area (Å²) >= 11 is 0. The molecular weight excluding hydrogens is 258 g/mol. The van der Waals surface area contributed by atoms with Gasteiger partial charge in [-0.25, -0.2) is 0 Å². The third-order valence-corrected chi connectivity index (χ3v) is 2.56. The highest BCUT2D eigenvalue weighted by Gasteiger charge is 2.15. The zero-order valence-corrected chi connectivity index (χ0v) is 11.8. The Balaban J connectivity index is 2.69. The SMILES string of the molecule is CC(C)=CCOc1cccc(C(=O)N[C@@H](C)C(=O)O)c1. The first-order valence-corrected chi connectivity index (χ1v) is 6.30. The van der Waals surface area contributed by atoms with Crippen molar-refractivity contribution in [3.8, 4) is 5.75 Å². The molecule has 5 nitrogen and oxygen atoms in total. The van der Waals surface area contributed by atoms with Crippen LogP contribution in [0.1, 0.15) is 31.1 Å². The minimum Gasteiger partial charge on any atom is -0.490 e. The molecule has 0 saturated heterocycles. The molecule has 0 aliphatic carbocycles. The van der Waals surface area contributed by atoms with Crippen molar-refractivity contribution in [2.75, 3.05) is 6.61 Å². The van der Waals surface area contributed by atoms with Crippen LogP contribution in [0, 0.1) is 0 Å². The number of carbonyl (C=O) groups excluding carboxylic acids is 1. The van der Waals surface area contributed by atoms with Gasteiger partial charge < -0.3 is 15.2 Å². The third-order valence-electron chi connectivity index (χ3n) is 2.56. The molecule has 0 saturated carbocycles. The Hall–Kier alpha value is -2.30. The van der Waals surface area contributed by atoms with Gasteiger partial charge in [-0.15, -0.1) is 0 Å². The van der Waals surface area contributed by atoms with Crippen LogP contribution in [0.25, 0.3) is 0 Å². The van der Waals surface area contributed by atoms with Gasteiger partial charge in [0.25, 0.3) is 5.91 Å². The number of carbonyl (C=O) groups is 2. The van der Waals surface area contributed by atoms with E-state index >= 15 is 0 Å². The predicted molar refractivity (Wildman–Crippen MR) is 75.9 cm³/mol. The minimum absolute atomic E-state index is 0.368. The van der Waals surface area contributed by atoms with Gasteiger partial charge in [-0.05, 0) is 45.0 Å². The number of aliphatic carboxylic acids is 1. The summed E-state index contributed by atoms with van der Waals surface area (Å²) in [6.07, 6.45) is 1.93. The van der Waals surface area contributed by atoms with Gasteiger partial charge in [-0.2, -0.15) is 0 Å². The molecule has 1 atom stereocenters. The zero-order chi connectivity index (χ0) is 15.1. The summed E-state index contributed by atoms with van der Waals surface area (Å²) < 4.78 is 5.49. The fourth-order valence-corrected chi connectivity index (χ4v) is 1.37. The minimum atomic E-state index is -1.07. The molecule has 1 aromatic rings. The van der Waals surface area contributed by atoms with E-state index in [2.05, 4.69) is 5.32 Å². The summed E-state index contributed by atoms with van der Waals surface area (Å²) in [5.74, 6) is -0.944. The number of allylic oxidation sites excluding steroid dienone is 1. The Bertz CT molecular complexity index is 518. The number of carboxylic acids is 1. The molecule has 5 heteroatoms. The van der Waals surface area contributed by atoms with Crippen LogP contribution in [0.5, 0.6) is 5.75 Å².